The number of carbonyl (C=O) groups is 1. The average Bonchev–Trinajstić information content (AvgIpc) is 2.54. The molecule has 0 saturated carbocycles. The van der Waals surface area contributed by atoms with E-state index in [1.807, 2.05) is 0 Å². The Balaban J connectivity index is 1.68. The zero-order valence-electron chi connectivity index (χ0n) is 13.7. The molecule has 120 valence electrons. The smallest absolute Gasteiger partial charge is 0.230 e. The molecule has 0 aromatic carbocycles. The minimum Gasteiger partial charge on any atom is -0.342 e. The molecule has 0 radical (unpaired) electrons. The van der Waals surface area contributed by atoms with Crippen molar-refractivity contribution in [2.75, 3.05) is 39.8 Å². The molecule has 0 bridgehead atoms. The Hall–Kier alpha value is -0.610. The highest BCUT2D eigenvalue weighted by molar-refractivity contribution is 5.83. The number of amides is 1. The van der Waals surface area contributed by atoms with E-state index in [2.05, 4.69) is 29.1 Å². The lowest BCUT2D eigenvalue weighted by molar-refractivity contribution is -0.147. The Bertz CT molecular complexity index is 378. The molecular weight excluding hydrogens is 262 g/mol. The molecule has 0 aliphatic carbocycles. The molecule has 4 nitrogen and oxygen atoms in total. The summed E-state index contributed by atoms with van der Waals surface area (Å²) in [7, 11) is 2.26. The van der Waals surface area contributed by atoms with Gasteiger partial charge in [-0.15, -0.1) is 0 Å². The van der Waals surface area contributed by atoms with E-state index in [0.29, 0.717) is 17.9 Å². The van der Waals surface area contributed by atoms with Crippen LogP contribution >= 0.6 is 0 Å². The Morgan fingerprint density at radius 2 is 2.14 bits per heavy atom. The van der Waals surface area contributed by atoms with Crippen molar-refractivity contribution in [2.45, 2.75) is 51.5 Å². The van der Waals surface area contributed by atoms with Gasteiger partial charge in [0.05, 0.1) is 5.41 Å². The first kappa shape index (κ1) is 15.3. The Kier molecular flexibility index (Phi) is 4.55. The van der Waals surface area contributed by atoms with Crippen LogP contribution in [0.15, 0.2) is 0 Å². The van der Waals surface area contributed by atoms with E-state index in [1.54, 1.807) is 0 Å². The second kappa shape index (κ2) is 6.25. The van der Waals surface area contributed by atoms with Gasteiger partial charge in [0.15, 0.2) is 0 Å². The second-order valence-electron chi connectivity index (χ2n) is 7.40. The van der Waals surface area contributed by atoms with Crippen LogP contribution in [0.25, 0.3) is 0 Å². The summed E-state index contributed by atoms with van der Waals surface area (Å²) in [6, 6.07) is 0.713. The molecule has 3 rings (SSSR count). The Labute approximate surface area is 129 Å². The van der Waals surface area contributed by atoms with E-state index in [-0.39, 0.29) is 5.41 Å². The summed E-state index contributed by atoms with van der Waals surface area (Å²) in [5, 5.41) is 3.45. The maximum Gasteiger partial charge on any atom is 0.230 e. The summed E-state index contributed by atoms with van der Waals surface area (Å²) >= 11 is 0. The van der Waals surface area contributed by atoms with Gasteiger partial charge in [-0.1, -0.05) is 6.92 Å². The van der Waals surface area contributed by atoms with E-state index < -0.39 is 0 Å². The van der Waals surface area contributed by atoms with Crippen LogP contribution in [0.2, 0.25) is 0 Å². The lowest BCUT2D eigenvalue weighted by atomic mass is 9.75. The molecule has 3 aliphatic heterocycles. The van der Waals surface area contributed by atoms with E-state index >= 15 is 0 Å². The molecule has 0 aromatic rings. The largest absolute Gasteiger partial charge is 0.342 e. The van der Waals surface area contributed by atoms with Gasteiger partial charge in [0, 0.05) is 25.7 Å². The summed E-state index contributed by atoms with van der Waals surface area (Å²) < 4.78 is 0. The normalized spacial score (nSPS) is 38.1. The highest BCUT2D eigenvalue weighted by Crippen LogP contribution is 2.36. The van der Waals surface area contributed by atoms with Crippen LogP contribution in [-0.2, 0) is 4.79 Å². The van der Waals surface area contributed by atoms with Crippen molar-refractivity contribution in [3.05, 3.63) is 0 Å². The Morgan fingerprint density at radius 1 is 1.29 bits per heavy atom. The maximum atomic E-state index is 13.1. The topological polar surface area (TPSA) is 35.6 Å². The number of nitrogens with zero attached hydrogens (tertiary/aromatic N) is 2. The van der Waals surface area contributed by atoms with Crippen LogP contribution < -0.4 is 5.32 Å². The Morgan fingerprint density at radius 3 is 2.86 bits per heavy atom. The van der Waals surface area contributed by atoms with Gasteiger partial charge in [-0.05, 0) is 64.6 Å². The fraction of sp³-hybridized carbons (Fsp3) is 0.941. The van der Waals surface area contributed by atoms with Gasteiger partial charge in [0.25, 0.3) is 0 Å². The SMILES string of the molecule is CCC1(C(=O)N2CCC3C(CCCN3C)C2)CCCNC1. The van der Waals surface area contributed by atoms with Crippen LogP contribution in [0, 0.1) is 11.3 Å². The van der Waals surface area contributed by atoms with Crippen molar-refractivity contribution in [1.29, 1.82) is 0 Å². The average molecular weight is 293 g/mol. The van der Waals surface area contributed by atoms with Crippen molar-refractivity contribution in [1.82, 2.24) is 15.1 Å². The standard InChI is InChI=1S/C17H31N3O/c1-3-17(8-5-9-18-13-17)16(21)20-11-7-15-14(12-20)6-4-10-19(15)2/h14-15,18H,3-13H2,1-2H3. The fourth-order valence-corrected chi connectivity index (χ4v) is 4.78. The zero-order chi connectivity index (χ0) is 14.9. The molecule has 3 saturated heterocycles. The molecule has 3 fully saturated rings. The van der Waals surface area contributed by atoms with Gasteiger partial charge in [0.2, 0.25) is 5.91 Å². The summed E-state index contributed by atoms with van der Waals surface area (Å²) in [4.78, 5) is 17.9. The molecule has 21 heavy (non-hydrogen) atoms. The van der Waals surface area contributed by atoms with Crippen LogP contribution in [0.3, 0.4) is 0 Å². The fourth-order valence-electron chi connectivity index (χ4n) is 4.78. The minimum atomic E-state index is -0.119. The summed E-state index contributed by atoms with van der Waals surface area (Å²) in [5.74, 6) is 1.13. The predicted molar refractivity (Wildman–Crippen MR) is 85.2 cm³/mol. The summed E-state index contributed by atoms with van der Waals surface area (Å²) in [5.41, 5.74) is -0.119. The van der Waals surface area contributed by atoms with E-state index in [0.717, 1.165) is 45.4 Å². The molecule has 3 atom stereocenters. The van der Waals surface area contributed by atoms with E-state index in [9.17, 15) is 4.79 Å². The molecule has 1 amide bonds. The third kappa shape index (κ3) is 2.85. The van der Waals surface area contributed by atoms with Gasteiger partial charge in [0.1, 0.15) is 0 Å². The van der Waals surface area contributed by atoms with Gasteiger partial charge in [-0.3, -0.25) is 4.79 Å². The van der Waals surface area contributed by atoms with Gasteiger partial charge >= 0.3 is 0 Å². The molecule has 3 aliphatic rings. The van der Waals surface area contributed by atoms with Gasteiger partial charge < -0.3 is 15.1 Å². The first-order valence-electron chi connectivity index (χ1n) is 8.86. The second-order valence-corrected chi connectivity index (χ2v) is 7.40. The van der Waals surface area contributed by atoms with Crippen LogP contribution in [-0.4, -0.2) is 61.5 Å². The van der Waals surface area contributed by atoms with Crippen molar-refractivity contribution >= 4 is 5.91 Å². The minimum absolute atomic E-state index is 0.119. The monoisotopic (exact) mass is 293 g/mol. The quantitative estimate of drug-likeness (QED) is 0.842. The third-order valence-electron chi connectivity index (χ3n) is 6.24. The van der Waals surface area contributed by atoms with Gasteiger partial charge in [-0.2, -0.15) is 0 Å². The molecule has 3 heterocycles. The number of likely N-dealkylation sites (tertiary alicyclic amines) is 2. The van der Waals surface area contributed by atoms with E-state index in [4.69, 9.17) is 0 Å². The molecule has 0 aromatic heterocycles. The van der Waals surface area contributed by atoms with Crippen LogP contribution in [0.4, 0.5) is 0 Å². The van der Waals surface area contributed by atoms with Crippen molar-refractivity contribution in [3.63, 3.8) is 0 Å². The summed E-state index contributed by atoms with van der Waals surface area (Å²) in [6.07, 6.45) is 6.95. The number of rotatable bonds is 2. The number of nitrogens with one attached hydrogen (secondary N) is 1. The van der Waals surface area contributed by atoms with Crippen molar-refractivity contribution in [3.8, 4) is 0 Å². The maximum absolute atomic E-state index is 13.1. The first-order valence-corrected chi connectivity index (χ1v) is 8.86. The van der Waals surface area contributed by atoms with Gasteiger partial charge in [-0.25, -0.2) is 0 Å². The van der Waals surface area contributed by atoms with Crippen LogP contribution in [0.1, 0.15) is 45.4 Å². The van der Waals surface area contributed by atoms with Crippen molar-refractivity contribution in [2.24, 2.45) is 11.3 Å². The molecular formula is C17H31N3O. The highest BCUT2D eigenvalue weighted by Gasteiger charge is 2.43. The lowest BCUT2D eigenvalue weighted by Gasteiger charge is -2.48. The number of carbonyl (C=O) groups excluding carboxylic acids is 1. The van der Waals surface area contributed by atoms with Crippen LogP contribution in [0.5, 0.6) is 0 Å². The zero-order valence-corrected chi connectivity index (χ0v) is 13.7. The number of piperidine rings is 3. The number of hydrogen-bond acceptors (Lipinski definition) is 3. The highest BCUT2D eigenvalue weighted by atomic mass is 16.2. The van der Waals surface area contributed by atoms with E-state index in [1.165, 1.54) is 25.8 Å². The molecule has 3 unspecified atom stereocenters. The van der Waals surface area contributed by atoms with Crippen molar-refractivity contribution < 1.29 is 4.79 Å². The molecule has 4 heteroatoms. The first-order chi connectivity index (χ1) is 10.2. The number of hydrogen-bond donors (Lipinski definition) is 1. The predicted octanol–water partition coefficient (Wildman–Crippen LogP) is 1.71. The lowest BCUT2D eigenvalue weighted by Crippen LogP contribution is -2.58. The third-order valence-corrected chi connectivity index (χ3v) is 6.24. The molecule has 0 spiro atoms. The number of fused-ring (bicyclic) bond motifs is 1. The summed E-state index contributed by atoms with van der Waals surface area (Å²) in [6.45, 7) is 7.34. The molecule has 1 N–H and O–H groups in total.